The minimum absolute atomic E-state index is 0.154. The molecule has 0 fully saturated rings. The molecule has 178 valence electrons. The maximum Gasteiger partial charge on any atom is 0.255 e. The van der Waals surface area contributed by atoms with Crippen molar-refractivity contribution in [2.75, 3.05) is 18.4 Å². The van der Waals surface area contributed by atoms with E-state index in [1.165, 1.54) is 30.2 Å². The first kappa shape index (κ1) is 26.7. The predicted molar refractivity (Wildman–Crippen MR) is 145 cm³/mol. The third kappa shape index (κ3) is 8.77. The number of hydrogen-bond acceptors (Lipinski definition) is 3. The number of hydrogen-bond donors (Lipinski definition) is 3. The highest BCUT2D eigenvalue weighted by Crippen LogP contribution is 2.19. The molecule has 0 aliphatic rings. The number of rotatable bonds is 11. The summed E-state index contributed by atoms with van der Waals surface area (Å²) in [6.45, 7) is 12.1. The Balaban J connectivity index is 2.04. The van der Waals surface area contributed by atoms with E-state index in [0.717, 1.165) is 42.7 Å². The number of amides is 1. The topological polar surface area (TPSA) is 67.2 Å². The second-order valence-corrected chi connectivity index (χ2v) is 8.30. The minimum Gasteiger partial charge on any atom is -0.404 e. The van der Waals surface area contributed by atoms with E-state index < -0.39 is 0 Å². The predicted octanol–water partition coefficient (Wildman–Crippen LogP) is 5.81. The summed E-state index contributed by atoms with van der Waals surface area (Å²) in [5, 5.41) is 6.46. The van der Waals surface area contributed by atoms with Crippen molar-refractivity contribution in [2.24, 2.45) is 5.73 Å². The van der Waals surface area contributed by atoms with Gasteiger partial charge in [-0.3, -0.25) is 4.79 Å². The number of nitrogens with two attached hydrogens (primary N) is 1. The molecule has 0 radical (unpaired) electrons. The van der Waals surface area contributed by atoms with Crippen molar-refractivity contribution in [3.8, 4) is 11.8 Å². The second kappa shape index (κ2) is 14.6. The monoisotopic (exact) mass is 455 g/mol. The molecular weight excluding hydrogens is 418 g/mol. The lowest BCUT2D eigenvalue weighted by molar-refractivity contribution is 0.102. The van der Waals surface area contributed by atoms with Crippen LogP contribution >= 0.6 is 0 Å². The van der Waals surface area contributed by atoms with E-state index in [1.54, 1.807) is 18.2 Å². The van der Waals surface area contributed by atoms with Crippen LogP contribution in [0.25, 0.3) is 0 Å². The molecule has 4 nitrogen and oxygen atoms in total. The fourth-order valence-electron chi connectivity index (χ4n) is 3.47. The summed E-state index contributed by atoms with van der Waals surface area (Å²) in [6, 6.07) is 11.7. The second-order valence-electron chi connectivity index (χ2n) is 8.30. The molecule has 0 heterocycles. The quantitative estimate of drug-likeness (QED) is 0.227. The lowest BCUT2D eigenvalue weighted by atomic mass is 10.0. The van der Waals surface area contributed by atoms with Crippen molar-refractivity contribution in [3.05, 3.63) is 101 Å². The van der Waals surface area contributed by atoms with Crippen LogP contribution in [0.1, 0.15) is 58.8 Å². The van der Waals surface area contributed by atoms with Crippen LogP contribution in [0.3, 0.4) is 0 Å². The summed E-state index contributed by atoms with van der Waals surface area (Å²) in [6.07, 6.45) is 11.2. The third-order valence-corrected chi connectivity index (χ3v) is 5.51. The van der Waals surface area contributed by atoms with Gasteiger partial charge in [0, 0.05) is 28.6 Å². The van der Waals surface area contributed by atoms with Crippen molar-refractivity contribution in [2.45, 2.75) is 46.5 Å². The molecule has 0 saturated heterocycles. The molecule has 0 spiro atoms. The molecule has 0 aliphatic heterocycles. The Labute approximate surface area is 205 Å². The summed E-state index contributed by atoms with van der Waals surface area (Å²) in [5.74, 6) is 6.00. The van der Waals surface area contributed by atoms with Crippen molar-refractivity contribution in [3.63, 3.8) is 0 Å². The van der Waals surface area contributed by atoms with Gasteiger partial charge >= 0.3 is 0 Å². The standard InChI is InChI=1S/C30H37N3O/c1-5-7-10-25(22-31)13-15-27-21-28(14-12-23(27)3)30(34)33-29-17-16-26(24(4)20-29)11-8-9-19-32-18-6-2/h5,7,10,12,14,16-17,20-22,32H,1,6,8-9,11,18-19,31H2,2-4H3,(H,33,34)/b10-7-,25-22+. The zero-order valence-corrected chi connectivity index (χ0v) is 20.7. The van der Waals surface area contributed by atoms with Gasteiger partial charge in [0.15, 0.2) is 0 Å². The molecule has 0 aromatic heterocycles. The number of carbonyl (C=O) groups excluding carboxylic acids is 1. The number of benzene rings is 2. The van der Waals surface area contributed by atoms with E-state index in [4.69, 9.17) is 5.73 Å². The molecule has 1 amide bonds. The molecule has 0 bridgehead atoms. The van der Waals surface area contributed by atoms with Crippen LogP contribution in [0, 0.1) is 25.7 Å². The van der Waals surface area contributed by atoms with Gasteiger partial charge in [0.05, 0.1) is 0 Å². The summed E-state index contributed by atoms with van der Waals surface area (Å²) < 4.78 is 0. The van der Waals surface area contributed by atoms with Crippen LogP contribution in [0.15, 0.2) is 73.0 Å². The highest BCUT2D eigenvalue weighted by Gasteiger charge is 2.09. The summed E-state index contributed by atoms with van der Waals surface area (Å²) in [5.41, 5.74) is 12.0. The average molecular weight is 456 g/mol. The van der Waals surface area contributed by atoms with Gasteiger partial charge in [0.1, 0.15) is 0 Å². The van der Waals surface area contributed by atoms with Gasteiger partial charge in [-0.2, -0.15) is 0 Å². The van der Waals surface area contributed by atoms with Crippen LogP contribution in [0.5, 0.6) is 0 Å². The van der Waals surface area contributed by atoms with E-state index in [0.29, 0.717) is 11.1 Å². The fraction of sp³-hybridized carbons (Fsp3) is 0.300. The van der Waals surface area contributed by atoms with Crippen LogP contribution in [-0.2, 0) is 6.42 Å². The number of unbranched alkanes of at least 4 members (excludes halogenated alkanes) is 1. The summed E-state index contributed by atoms with van der Waals surface area (Å²) in [4.78, 5) is 12.9. The Morgan fingerprint density at radius 2 is 1.91 bits per heavy atom. The molecule has 34 heavy (non-hydrogen) atoms. The molecule has 0 aliphatic carbocycles. The molecule has 0 atom stereocenters. The van der Waals surface area contributed by atoms with E-state index in [1.807, 2.05) is 37.3 Å². The highest BCUT2D eigenvalue weighted by atomic mass is 16.1. The van der Waals surface area contributed by atoms with Crippen molar-refractivity contribution in [1.82, 2.24) is 5.32 Å². The van der Waals surface area contributed by atoms with E-state index in [-0.39, 0.29) is 5.91 Å². The van der Waals surface area contributed by atoms with Crippen molar-refractivity contribution < 1.29 is 4.79 Å². The largest absolute Gasteiger partial charge is 0.404 e. The number of aryl methyl sites for hydroxylation is 3. The molecule has 0 saturated carbocycles. The zero-order chi connectivity index (χ0) is 24.8. The Morgan fingerprint density at radius 1 is 1.09 bits per heavy atom. The van der Waals surface area contributed by atoms with Gasteiger partial charge in [0.25, 0.3) is 5.91 Å². The Kier molecular flexibility index (Phi) is 11.4. The smallest absolute Gasteiger partial charge is 0.255 e. The number of allylic oxidation sites excluding steroid dienone is 4. The number of nitrogens with one attached hydrogen (secondary N) is 2. The van der Waals surface area contributed by atoms with Crippen LogP contribution in [0.4, 0.5) is 5.69 Å². The molecule has 4 N–H and O–H groups in total. The lowest BCUT2D eigenvalue weighted by Crippen LogP contribution is -2.16. The summed E-state index contributed by atoms with van der Waals surface area (Å²) in [7, 11) is 0. The normalized spacial score (nSPS) is 11.2. The van der Waals surface area contributed by atoms with Gasteiger partial charge in [-0.1, -0.05) is 49.6 Å². The lowest BCUT2D eigenvalue weighted by Gasteiger charge is -2.11. The first-order valence-electron chi connectivity index (χ1n) is 11.9. The maximum absolute atomic E-state index is 12.9. The number of carbonyl (C=O) groups is 1. The highest BCUT2D eigenvalue weighted by molar-refractivity contribution is 6.04. The zero-order valence-electron chi connectivity index (χ0n) is 20.7. The first-order chi connectivity index (χ1) is 16.5. The van der Waals surface area contributed by atoms with E-state index in [2.05, 4.69) is 49.0 Å². The maximum atomic E-state index is 12.9. The Hall–Kier alpha value is -3.55. The molecule has 4 heteroatoms. The van der Waals surface area contributed by atoms with Crippen LogP contribution in [0.2, 0.25) is 0 Å². The molecular formula is C30H37N3O. The van der Waals surface area contributed by atoms with E-state index in [9.17, 15) is 4.79 Å². The van der Waals surface area contributed by atoms with Crippen molar-refractivity contribution in [1.29, 1.82) is 0 Å². The Bertz CT molecular complexity index is 1100. The molecule has 0 unspecified atom stereocenters. The first-order valence-corrected chi connectivity index (χ1v) is 11.9. The van der Waals surface area contributed by atoms with Gasteiger partial charge in [-0.15, -0.1) is 0 Å². The van der Waals surface area contributed by atoms with Gasteiger partial charge in [0.2, 0.25) is 0 Å². The fourth-order valence-corrected chi connectivity index (χ4v) is 3.47. The molecule has 2 aromatic carbocycles. The van der Waals surface area contributed by atoms with Gasteiger partial charge < -0.3 is 16.4 Å². The van der Waals surface area contributed by atoms with Crippen LogP contribution in [-0.4, -0.2) is 19.0 Å². The van der Waals surface area contributed by atoms with Gasteiger partial charge in [-0.05, 0) is 99.7 Å². The SMILES string of the molecule is C=C/C=C\C(C#Cc1cc(C(=O)Nc2ccc(CCCCNCCC)c(C)c2)ccc1C)=C/N. The third-order valence-electron chi connectivity index (χ3n) is 5.51. The average Bonchev–Trinajstić information content (AvgIpc) is 2.83. The van der Waals surface area contributed by atoms with Crippen LogP contribution < -0.4 is 16.4 Å². The minimum atomic E-state index is -0.154. The van der Waals surface area contributed by atoms with Gasteiger partial charge in [-0.25, -0.2) is 0 Å². The van der Waals surface area contributed by atoms with Crippen molar-refractivity contribution >= 4 is 11.6 Å². The summed E-state index contributed by atoms with van der Waals surface area (Å²) >= 11 is 0. The molecule has 2 rings (SSSR count). The molecule has 2 aromatic rings. The van der Waals surface area contributed by atoms with E-state index >= 15 is 0 Å². The Morgan fingerprint density at radius 3 is 2.62 bits per heavy atom. The number of anilines is 1.